The Kier molecular flexibility index (Phi) is 3.37. The summed E-state index contributed by atoms with van der Waals surface area (Å²) >= 11 is 5.84. The minimum absolute atomic E-state index is 0.0301. The standard InChI is InChI=1S/C11H11ClO3/c1-6-4-8(12)5-9(10(6)15-3)7(2)11(13)14/h4-5H,2H2,1,3H3,(H,13,14). The van der Waals surface area contributed by atoms with Crippen LogP contribution in [0.4, 0.5) is 0 Å². The third-order valence-electron chi connectivity index (χ3n) is 2.03. The van der Waals surface area contributed by atoms with Gasteiger partial charge in [0.15, 0.2) is 0 Å². The molecule has 0 aromatic heterocycles. The van der Waals surface area contributed by atoms with Crippen LogP contribution >= 0.6 is 11.6 Å². The van der Waals surface area contributed by atoms with Gasteiger partial charge in [-0.25, -0.2) is 4.79 Å². The van der Waals surface area contributed by atoms with Crippen molar-refractivity contribution in [3.8, 4) is 5.75 Å². The number of carboxylic acid groups (broad SMARTS) is 1. The number of aliphatic carboxylic acids is 1. The molecule has 0 aliphatic heterocycles. The van der Waals surface area contributed by atoms with E-state index in [0.717, 1.165) is 5.56 Å². The van der Waals surface area contributed by atoms with Crippen molar-refractivity contribution in [1.29, 1.82) is 0 Å². The topological polar surface area (TPSA) is 46.5 Å². The molecule has 3 nitrogen and oxygen atoms in total. The number of carboxylic acids is 1. The lowest BCUT2D eigenvalue weighted by Crippen LogP contribution is -2.01. The fraction of sp³-hybridized carbons (Fsp3) is 0.182. The number of rotatable bonds is 3. The minimum atomic E-state index is -1.09. The Bertz CT molecular complexity index is 424. The Labute approximate surface area is 92.9 Å². The third kappa shape index (κ3) is 2.30. The molecule has 0 saturated carbocycles. The van der Waals surface area contributed by atoms with Gasteiger partial charge in [0.1, 0.15) is 5.75 Å². The summed E-state index contributed by atoms with van der Waals surface area (Å²) in [5.41, 5.74) is 1.16. The maximum atomic E-state index is 10.8. The molecule has 0 spiro atoms. The van der Waals surface area contributed by atoms with Gasteiger partial charge in [-0.2, -0.15) is 0 Å². The number of ether oxygens (including phenoxy) is 1. The van der Waals surface area contributed by atoms with E-state index in [4.69, 9.17) is 21.4 Å². The van der Waals surface area contributed by atoms with Gasteiger partial charge in [-0.1, -0.05) is 18.2 Å². The third-order valence-corrected chi connectivity index (χ3v) is 2.25. The van der Waals surface area contributed by atoms with E-state index in [1.54, 1.807) is 13.0 Å². The maximum absolute atomic E-state index is 10.8. The number of halogens is 1. The molecule has 0 amide bonds. The van der Waals surface area contributed by atoms with Gasteiger partial charge >= 0.3 is 5.97 Å². The van der Waals surface area contributed by atoms with E-state index >= 15 is 0 Å². The van der Waals surface area contributed by atoms with E-state index in [-0.39, 0.29) is 5.57 Å². The first-order valence-electron chi connectivity index (χ1n) is 4.24. The van der Waals surface area contributed by atoms with Crippen molar-refractivity contribution in [2.45, 2.75) is 6.92 Å². The summed E-state index contributed by atoms with van der Waals surface area (Å²) in [5, 5.41) is 9.30. The monoisotopic (exact) mass is 226 g/mol. The van der Waals surface area contributed by atoms with Crippen LogP contribution in [0, 0.1) is 6.92 Å². The molecule has 1 aromatic rings. The summed E-state index contributed by atoms with van der Waals surface area (Å²) in [4.78, 5) is 10.8. The van der Waals surface area contributed by atoms with Crippen LogP contribution < -0.4 is 4.74 Å². The van der Waals surface area contributed by atoms with Crippen molar-refractivity contribution < 1.29 is 14.6 Å². The molecule has 1 N–H and O–H groups in total. The summed E-state index contributed by atoms with van der Waals surface area (Å²) in [7, 11) is 1.48. The number of carbonyl (C=O) groups is 1. The van der Waals surface area contributed by atoms with Crippen molar-refractivity contribution in [2.75, 3.05) is 7.11 Å². The zero-order chi connectivity index (χ0) is 11.6. The highest BCUT2D eigenvalue weighted by Crippen LogP contribution is 2.31. The molecule has 0 aliphatic rings. The zero-order valence-corrected chi connectivity index (χ0v) is 9.26. The molecular weight excluding hydrogens is 216 g/mol. The van der Waals surface area contributed by atoms with Gasteiger partial charge < -0.3 is 9.84 Å². The van der Waals surface area contributed by atoms with Crippen LogP contribution in [0.5, 0.6) is 5.75 Å². The van der Waals surface area contributed by atoms with Crippen LogP contribution in [0.15, 0.2) is 18.7 Å². The summed E-state index contributed by atoms with van der Waals surface area (Å²) in [6, 6.07) is 3.24. The fourth-order valence-corrected chi connectivity index (χ4v) is 1.61. The van der Waals surface area contributed by atoms with Crippen LogP contribution in [0.2, 0.25) is 5.02 Å². The molecule has 0 saturated heterocycles. The quantitative estimate of drug-likeness (QED) is 0.807. The van der Waals surface area contributed by atoms with E-state index in [9.17, 15) is 4.79 Å². The van der Waals surface area contributed by atoms with Crippen LogP contribution in [0.25, 0.3) is 5.57 Å². The summed E-state index contributed by atoms with van der Waals surface area (Å²) in [6.07, 6.45) is 0. The minimum Gasteiger partial charge on any atom is -0.496 e. The summed E-state index contributed by atoms with van der Waals surface area (Å²) in [5.74, 6) is -0.596. The Morgan fingerprint density at radius 2 is 2.13 bits per heavy atom. The smallest absolute Gasteiger partial charge is 0.335 e. The molecule has 1 aromatic carbocycles. The molecule has 0 fully saturated rings. The Balaban J connectivity index is 3.38. The summed E-state index contributed by atoms with van der Waals surface area (Å²) in [6.45, 7) is 5.27. The van der Waals surface area contributed by atoms with Crippen molar-refractivity contribution in [3.63, 3.8) is 0 Å². The van der Waals surface area contributed by atoms with Crippen LogP contribution in [-0.2, 0) is 4.79 Å². The van der Waals surface area contributed by atoms with E-state index in [0.29, 0.717) is 16.3 Å². The number of hydrogen-bond donors (Lipinski definition) is 1. The van der Waals surface area contributed by atoms with Gasteiger partial charge in [-0.05, 0) is 24.6 Å². The fourth-order valence-electron chi connectivity index (χ4n) is 1.34. The first-order chi connectivity index (χ1) is 6.97. The van der Waals surface area contributed by atoms with E-state index < -0.39 is 5.97 Å². The lowest BCUT2D eigenvalue weighted by molar-refractivity contribution is -0.130. The highest BCUT2D eigenvalue weighted by atomic mass is 35.5. The van der Waals surface area contributed by atoms with Gasteiger partial charge in [0, 0.05) is 10.6 Å². The zero-order valence-electron chi connectivity index (χ0n) is 8.50. The lowest BCUT2D eigenvalue weighted by atomic mass is 10.0. The van der Waals surface area contributed by atoms with Gasteiger partial charge in [0.25, 0.3) is 0 Å². The van der Waals surface area contributed by atoms with Gasteiger partial charge in [0.05, 0.1) is 12.7 Å². The van der Waals surface area contributed by atoms with Crippen molar-refractivity contribution in [1.82, 2.24) is 0 Å². The van der Waals surface area contributed by atoms with Gasteiger partial charge in [-0.15, -0.1) is 0 Å². The second-order valence-corrected chi connectivity index (χ2v) is 3.52. The lowest BCUT2D eigenvalue weighted by Gasteiger charge is -2.11. The molecule has 1 rings (SSSR count). The second-order valence-electron chi connectivity index (χ2n) is 3.09. The molecule has 80 valence electrons. The molecule has 15 heavy (non-hydrogen) atoms. The van der Waals surface area contributed by atoms with Crippen LogP contribution in [-0.4, -0.2) is 18.2 Å². The number of hydrogen-bond acceptors (Lipinski definition) is 2. The first-order valence-corrected chi connectivity index (χ1v) is 4.62. The van der Waals surface area contributed by atoms with E-state index in [2.05, 4.69) is 6.58 Å². The van der Waals surface area contributed by atoms with Crippen molar-refractivity contribution >= 4 is 23.1 Å². The molecule has 4 heteroatoms. The Morgan fingerprint density at radius 1 is 1.53 bits per heavy atom. The Morgan fingerprint density at radius 3 is 2.60 bits per heavy atom. The first kappa shape index (κ1) is 11.6. The SMILES string of the molecule is C=C(C(=O)O)c1cc(Cl)cc(C)c1OC. The predicted molar refractivity (Wildman–Crippen MR) is 59.4 cm³/mol. The van der Waals surface area contributed by atoms with Gasteiger partial charge in [-0.3, -0.25) is 0 Å². The molecule has 0 aliphatic carbocycles. The average molecular weight is 227 g/mol. The molecule has 0 heterocycles. The second kappa shape index (κ2) is 4.36. The Hall–Kier alpha value is -1.48. The van der Waals surface area contributed by atoms with Gasteiger partial charge in [0.2, 0.25) is 0 Å². The summed E-state index contributed by atoms with van der Waals surface area (Å²) < 4.78 is 5.12. The molecule has 0 unspecified atom stereocenters. The van der Waals surface area contributed by atoms with Crippen LogP contribution in [0.1, 0.15) is 11.1 Å². The number of aryl methyl sites for hydroxylation is 1. The largest absolute Gasteiger partial charge is 0.496 e. The molecule has 0 radical (unpaired) electrons. The van der Waals surface area contributed by atoms with Crippen LogP contribution in [0.3, 0.4) is 0 Å². The normalized spacial score (nSPS) is 9.80. The van der Waals surface area contributed by atoms with E-state index in [1.165, 1.54) is 13.2 Å². The number of methoxy groups -OCH3 is 1. The van der Waals surface area contributed by atoms with Crippen molar-refractivity contribution in [3.05, 3.63) is 34.9 Å². The average Bonchev–Trinajstić information content (AvgIpc) is 2.15. The highest BCUT2D eigenvalue weighted by Gasteiger charge is 2.15. The molecule has 0 atom stereocenters. The number of benzene rings is 1. The molecule has 0 bridgehead atoms. The predicted octanol–water partition coefficient (Wildman–Crippen LogP) is 2.75. The maximum Gasteiger partial charge on any atom is 0.335 e. The highest BCUT2D eigenvalue weighted by molar-refractivity contribution is 6.31. The van der Waals surface area contributed by atoms with Crippen molar-refractivity contribution in [2.24, 2.45) is 0 Å². The van der Waals surface area contributed by atoms with E-state index in [1.807, 2.05) is 0 Å². The molecular formula is C11H11ClO3.